The number of aromatic hydroxyl groups is 1. The van der Waals surface area contributed by atoms with Crippen LogP contribution in [0.4, 0.5) is 4.79 Å². The van der Waals surface area contributed by atoms with Gasteiger partial charge in [0.25, 0.3) is 0 Å². The number of amides is 4. The number of nitrogens with two attached hydrogens (primary N) is 1. The molecular weight excluding hydrogens is 464 g/mol. The van der Waals surface area contributed by atoms with Crippen molar-refractivity contribution in [1.82, 2.24) is 15.5 Å². The molecule has 10 heteroatoms. The standard InChI is InChI=1S/C26H40N4O6/c1-26(2,3)36-25(35)30-15-12-18(13-16-30)5-4-6-23(33)29-21(17-22(27)32)24(34)28-14-11-19-7-9-20(31)10-8-19/h7-10,18,21,31H,4-6,11-17H2,1-3H3,(H2,27,32)(H,28,34)(H,29,33)/t21-/m1/s1. The van der Waals surface area contributed by atoms with Crippen molar-refractivity contribution in [3.8, 4) is 5.75 Å². The van der Waals surface area contributed by atoms with Gasteiger partial charge in [-0.1, -0.05) is 12.1 Å². The van der Waals surface area contributed by atoms with Crippen LogP contribution in [0.15, 0.2) is 24.3 Å². The molecule has 5 N–H and O–H groups in total. The third-order valence-corrected chi connectivity index (χ3v) is 5.99. The van der Waals surface area contributed by atoms with Gasteiger partial charge in [0.2, 0.25) is 17.7 Å². The van der Waals surface area contributed by atoms with Gasteiger partial charge in [0, 0.05) is 26.1 Å². The Balaban J connectivity index is 1.70. The van der Waals surface area contributed by atoms with E-state index in [1.165, 1.54) is 0 Å². The Kier molecular flexibility index (Phi) is 11.0. The monoisotopic (exact) mass is 504 g/mol. The molecule has 1 aromatic carbocycles. The highest BCUT2D eigenvalue weighted by Crippen LogP contribution is 2.24. The van der Waals surface area contributed by atoms with Gasteiger partial charge in [0.05, 0.1) is 6.42 Å². The summed E-state index contributed by atoms with van der Waals surface area (Å²) in [5, 5.41) is 14.7. The smallest absolute Gasteiger partial charge is 0.410 e. The number of likely N-dealkylation sites (tertiary alicyclic amines) is 1. The third kappa shape index (κ3) is 11.0. The minimum Gasteiger partial charge on any atom is -0.508 e. The maximum atomic E-state index is 12.5. The highest BCUT2D eigenvalue weighted by atomic mass is 16.6. The molecule has 0 saturated carbocycles. The first-order valence-corrected chi connectivity index (χ1v) is 12.5. The lowest BCUT2D eigenvalue weighted by atomic mass is 9.91. The molecule has 10 nitrogen and oxygen atoms in total. The third-order valence-electron chi connectivity index (χ3n) is 5.99. The number of hydrogen-bond acceptors (Lipinski definition) is 6. The lowest BCUT2D eigenvalue weighted by Crippen LogP contribution is -2.49. The van der Waals surface area contributed by atoms with Crippen LogP contribution >= 0.6 is 0 Å². The summed E-state index contributed by atoms with van der Waals surface area (Å²) in [7, 11) is 0. The largest absolute Gasteiger partial charge is 0.508 e. The first-order valence-electron chi connectivity index (χ1n) is 12.5. The first kappa shape index (κ1) is 28.9. The molecule has 0 bridgehead atoms. The summed E-state index contributed by atoms with van der Waals surface area (Å²) in [5.74, 6) is -0.860. The van der Waals surface area contributed by atoms with Crippen LogP contribution in [0.2, 0.25) is 0 Å². The molecule has 4 amide bonds. The van der Waals surface area contributed by atoms with Crippen LogP contribution in [-0.4, -0.2) is 65.1 Å². The minimum absolute atomic E-state index is 0.165. The molecule has 1 saturated heterocycles. The number of carbonyl (C=O) groups excluding carboxylic acids is 4. The van der Waals surface area contributed by atoms with Crippen molar-refractivity contribution in [2.24, 2.45) is 11.7 Å². The fraction of sp³-hybridized carbons (Fsp3) is 0.615. The van der Waals surface area contributed by atoms with E-state index in [2.05, 4.69) is 10.6 Å². The predicted molar refractivity (Wildman–Crippen MR) is 135 cm³/mol. The van der Waals surface area contributed by atoms with Crippen molar-refractivity contribution in [3.63, 3.8) is 0 Å². The van der Waals surface area contributed by atoms with Gasteiger partial charge in [-0.3, -0.25) is 14.4 Å². The zero-order chi connectivity index (χ0) is 26.7. The van der Waals surface area contributed by atoms with Crippen molar-refractivity contribution < 1.29 is 29.0 Å². The Labute approximate surface area is 212 Å². The highest BCUT2D eigenvalue weighted by Gasteiger charge is 2.27. The molecule has 1 aliphatic rings. The second-order valence-corrected chi connectivity index (χ2v) is 10.3. The van der Waals surface area contributed by atoms with E-state index >= 15 is 0 Å². The van der Waals surface area contributed by atoms with Crippen molar-refractivity contribution in [1.29, 1.82) is 0 Å². The van der Waals surface area contributed by atoms with Crippen LogP contribution in [0.25, 0.3) is 0 Å². The fourth-order valence-electron chi connectivity index (χ4n) is 4.07. The second-order valence-electron chi connectivity index (χ2n) is 10.3. The normalized spacial score (nSPS) is 15.1. The zero-order valence-corrected chi connectivity index (χ0v) is 21.5. The summed E-state index contributed by atoms with van der Waals surface area (Å²) in [5.41, 5.74) is 5.69. The van der Waals surface area contributed by atoms with Gasteiger partial charge >= 0.3 is 6.09 Å². The average Bonchev–Trinajstić information content (AvgIpc) is 2.79. The van der Waals surface area contributed by atoms with Crippen molar-refractivity contribution in [2.75, 3.05) is 19.6 Å². The van der Waals surface area contributed by atoms with Crippen LogP contribution in [0, 0.1) is 5.92 Å². The summed E-state index contributed by atoms with van der Waals surface area (Å²) in [6.45, 7) is 7.12. The van der Waals surface area contributed by atoms with Gasteiger partial charge < -0.3 is 31.1 Å². The van der Waals surface area contributed by atoms with E-state index < -0.39 is 23.5 Å². The van der Waals surface area contributed by atoms with Crippen LogP contribution < -0.4 is 16.4 Å². The van der Waals surface area contributed by atoms with Crippen LogP contribution in [-0.2, 0) is 25.5 Å². The number of nitrogens with one attached hydrogen (secondary N) is 2. The van der Waals surface area contributed by atoms with E-state index in [4.69, 9.17) is 10.5 Å². The lowest BCUT2D eigenvalue weighted by Gasteiger charge is -2.33. The Morgan fingerprint density at radius 2 is 1.78 bits per heavy atom. The number of primary amides is 1. The van der Waals surface area contributed by atoms with E-state index in [-0.39, 0.29) is 30.6 Å². The van der Waals surface area contributed by atoms with Gasteiger partial charge in [-0.25, -0.2) is 4.79 Å². The SMILES string of the molecule is CC(C)(C)OC(=O)N1CCC(CCCC(=O)N[C@H](CC(N)=O)C(=O)NCCc2ccc(O)cc2)CC1. The Morgan fingerprint density at radius 1 is 1.14 bits per heavy atom. The number of phenols is 1. The van der Waals surface area contributed by atoms with E-state index in [9.17, 15) is 24.3 Å². The molecule has 1 aliphatic heterocycles. The highest BCUT2D eigenvalue weighted by molar-refractivity contribution is 5.91. The molecular formula is C26H40N4O6. The Hall–Kier alpha value is -3.30. The number of piperidine rings is 1. The first-order chi connectivity index (χ1) is 16.9. The van der Waals surface area contributed by atoms with E-state index in [1.54, 1.807) is 29.2 Å². The molecule has 1 aromatic rings. The second kappa shape index (κ2) is 13.7. The predicted octanol–water partition coefficient (Wildman–Crippen LogP) is 2.23. The van der Waals surface area contributed by atoms with Crippen molar-refractivity contribution in [3.05, 3.63) is 29.8 Å². The van der Waals surface area contributed by atoms with E-state index in [0.29, 0.717) is 38.4 Å². The van der Waals surface area contributed by atoms with Gasteiger partial charge in [-0.15, -0.1) is 0 Å². The molecule has 36 heavy (non-hydrogen) atoms. The summed E-state index contributed by atoms with van der Waals surface area (Å²) in [6, 6.07) is 5.62. The molecule has 1 heterocycles. The van der Waals surface area contributed by atoms with Crippen LogP contribution in [0.3, 0.4) is 0 Å². The topological polar surface area (TPSA) is 151 Å². The van der Waals surface area contributed by atoms with Crippen molar-refractivity contribution >= 4 is 23.8 Å². The molecule has 2 rings (SSSR count). The minimum atomic E-state index is -1.02. The van der Waals surface area contributed by atoms with Gasteiger partial charge in [-0.2, -0.15) is 0 Å². The Morgan fingerprint density at radius 3 is 2.36 bits per heavy atom. The zero-order valence-electron chi connectivity index (χ0n) is 21.5. The Bertz CT molecular complexity index is 889. The van der Waals surface area contributed by atoms with Crippen LogP contribution in [0.5, 0.6) is 5.75 Å². The molecule has 0 aliphatic carbocycles. The maximum Gasteiger partial charge on any atom is 0.410 e. The number of ether oxygens (including phenoxy) is 1. The maximum absolute atomic E-state index is 12.5. The quantitative estimate of drug-likeness (QED) is 0.363. The molecule has 0 spiro atoms. The van der Waals surface area contributed by atoms with Gasteiger partial charge in [0.15, 0.2) is 0 Å². The average molecular weight is 505 g/mol. The van der Waals surface area contributed by atoms with E-state index in [1.807, 2.05) is 20.8 Å². The number of phenolic OH excluding ortho intramolecular Hbond substituents is 1. The number of hydrogen-bond donors (Lipinski definition) is 4. The summed E-state index contributed by atoms with van der Waals surface area (Å²) >= 11 is 0. The summed E-state index contributed by atoms with van der Waals surface area (Å²) < 4.78 is 5.42. The molecule has 1 atom stereocenters. The molecule has 1 fully saturated rings. The fourth-order valence-corrected chi connectivity index (χ4v) is 4.07. The molecule has 200 valence electrons. The number of nitrogens with zero attached hydrogens (tertiary/aromatic N) is 1. The molecule has 0 unspecified atom stereocenters. The number of benzene rings is 1. The summed E-state index contributed by atoms with van der Waals surface area (Å²) in [6.07, 6.45) is 3.41. The number of rotatable bonds is 11. The van der Waals surface area contributed by atoms with Gasteiger partial charge in [0.1, 0.15) is 17.4 Å². The van der Waals surface area contributed by atoms with Gasteiger partial charge in [-0.05, 0) is 76.5 Å². The van der Waals surface area contributed by atoms with Crippen molar-refractivity contribution in [2.45, 2.75) is 77.4 Å². The van der Waals surface area contributed by atoms with Crippen LogP contribution in [0.1, 0.15) is 64.9 Å². The number of carbonyl (C=O) groups is 4. The lowest BCUT2D eigenvalue weighted by molar-refractivity contribution is -0.131. The summed E-state index contributed by atoms with van der Waals surface area (Å²) in [4.78, 5) is 50.3. The van der Waals surface area contributed by atoms with E-state index in [0.717, 1.165) is 24.8 Å². The molecule has 0 aromatic heterocycles. The molecule has 0 radical (unpaired) electrons.